The average molecular weight is 224 g/mol. The minimum absolute atomic E-state index is 0.0584. The maximum Gasteiger partial charge on any atom is 0.326 e. The highest BCUT2D eigenvalue weighted by molar-refractivity contribution is 5.77. The molecule has 1 atom stereocenters. The topological polar surface area (TPSA) is 98.1 Å². The van der Waals surface area contributed by atoms with E-state index in [0.29, 0.717) is 0 Å². The molecule has 1 unspecified atom stereocenters. The van der Waals surface area contributed by atoms with Gasteiger partial charge in [-0.1, -0.05) is 17.2 Å². The summed E-state index contributed by atoms with van der Waals surface area (Å²) in [6.45, 7) is -0.292. The van der Waals surface area contributed by atoms with Crippen LogP contribution in [0.3, 0.4) is 0 Å². The van der Waals surface area contributed by atoms with Crippen molar-refractivity contribution in [2.45, 2.75) is 6.04 Å². The van der Waals surface area contributed by atoms with Gasteiger partial charge in [-0.15, -0.1) is 0 Å². The van der Waals surface area contributed by atoms with Crippen molar-refractivity contribution >= 4 is 11.7 Å². The van der Waals surface area contributed by atoms with Crippen LogP contribution in [-0.4, -0.2) is 23.7 Å². The number of nitrogens with zero attached hydrogens (tertiary/aromatic N) is 3. The zero-order valence-electron chi connectivity index (χ0n) is 8.17. The van der Waals surface area contributed by atoms with Crippen LogP contribution < -0.4 is 5.32 Å². The predicted octanol–water partition coefficient (Wildman–Crippen LogP) is 2.00. The van der Waals surface area contributed by atoms with Crippen molar-refractivity contribution in [2.24, 2.45) is 5.11 Å². The second kappa shape index (κ2) is 5.57. The Balaban J connectivity index is 2.79. The van der Waals surface area contributed by atoms with Gasteiger partial charge in [-0.2, -0.15) is 0 Å². The van der Waals surface area contributed by atoms with Crippen LogP contribution in [0.4, 0.5) is 10.1 Å². The van der Waals surface area contributed by atoms with Gasteiger partial charge in [-0.25, -0.2) is 9.18 Å². The monoisotopic (exact) mass is 224 g/mol. The number of carboxylic acids is 1. The molecular formula is C9H9FN4O2. The van der Waals surface area contributed by atoms with Crippen LogP contribution in [0.5, 0.6) is 0 Å². The smallest absolute Gasteiger partial charge is 0.326 e. The number of hydrogen-bond acceptors (Lipinski definition) is 3. The van der Waals surface area contributed by atoms with E-state index in [9.17, 15) is 9.18 Å². The average Bonchev–Trinajstić information content (AvgIpc) is 2.26. The molecule has 0 aliphatic heterocycles. The summed E-state index contributed by atoms with van der Waals surface area (Å²) in [5, 5.41) is 14.4. The molecule has 0 aromatic heterocycles. The molecule has 0 aliphatic carbocycles. The minimum Gasteiger partial charge on any atom is -0.480 e. The molecule has 16 heavy (non-hydrogen) atoms. The first-order chi connectivity index (χ1) is 7.65. The van der Waals surface area contributed by atoms with Crippen molar-refractivity contribution in [3.05, 3.63) is 40.5 Å². The van der Waals surface area contributed by atoms with Crippen molar-refractivity contribution in [2.75, 3.05) is 11.9 Å². The Hall–Kier alpha value is -2.27. The van der Waals surface area contributed by atoms with E-state index in [1.165, 1.54) is 18.2 Å². The summed E-state index contributed by atoms with van der Waals surface area (Å²) in [4.78, 5) is 13.2. The quantitative estimate of drug-likeness (QED) is 0.454. The summed E-state index contributed by atoms with van der Waals surface area (Å²) >= 11 is 0. The molecular weight excluding hydrogens is 215 g/mol. The Kier molecular flexibility index (Phi) is 4.11. The zero-order valence-corrected chi connectivity index (χ0v) is 8.17. The maximum atomic E-state index is 13.2. The number of azide groups is 1. The Morgan fingerprint density at radius 3 is 2.88 bits per heavy atom. The van der Waals surface area contributed by atoms with Gasteiger partial charge in [0.15, 0.2) is 0 Å². The number of nitrogens with one attached hydrogen (secondary N) is 1. The zero-order chi connectivity index (χ0) is 12.0. The molecule has 0 saturated carbocycles. The van der Waals surface area contributed by atoms with E-state index in [0.717, 1.165) is 0 Å². The van der Waals surface area contributed by atoms with Gasteiger partial charge in [-0.3, -0.25) is 0 Å². The van der Waals surface area contributed by atoms with Crippen LogP contribution in [0.25, 0.3) is 10.4 Å². The lowest BCUT2D eigenvalue weighted by Crippen LogP contribution is -2.32. The second-order valence-electron chi connectivity index (χ2n) is 2.93. The van der Waals surface area contributed by atoms with E-state index in [2.05, 4.69) is 15.3 Å². The number of rotatable bonds is 5. The highest BCUT2D eigenvalue weighted by Gasteiger charge is 2.17. The summed E-state index contributed by atoms with van der Waals surface area (Å²) in [7, 11) is 0. The van der Waals surface area contributed by atoms with Gasteiger partial charge in [0.1, 0.15) is 11.9 Å². The van der Waals surface area contributed by atoms with Crippen LogP contribution in [0.2, 0.25) is 0 Å². The SMILES string of the molecule is [N-]=[N+]=NCC(Nc1ccccc1F)C(=O)O. The molecule has 0 bridgehead atoms. The molecule has 7 heteroatoms. The molecule has 2 N–H and O–H groups in total. The van der Waals surface area contributed by atoms with Gasteiger partial charge in [0, 0.05) is 4.91 Å². The van der Waals surface area contributed by atoms with Crippen molar-refractivity contribution in [1.82, 2.24) is 0 Å². The van der Waals surface area contributed by atoms with Crippen LogP contribution in [0, 0.1) is 5.82 Å². The fourth-order valence-corrected chi connectivity index (χ4v) is 1.07. The Labute approximate surface area is 90.3 Å². The highest BCUT2D eigenvalue weighted by Crippen LogP contribution is 2.13. The van der Waals surface area contributed by atoms with E-state index in [4.69, 9.17) is 10.6 Å². The second-order valence-corrected chi connectivity index (χ2v) is 2.93. The summed E-state index contributed by atoms with van der Waals surface area (Å²) < 4.78 is 13.2. The highest BCUT2D eigenvalue weighted by atomic mass is 19.1. The predicted molar refractivity (Wildman–Crippen MR) is 55.5 cm³/mol. The van der Waals surface area contributed by atoms with Crippen LogP contribution in [0.15, 0.2) is 29.4 Å². The van der Waals surface area contributed by atoms with Crippen molar-refractivity contribution in [1.29, 1.82) is 0 Å². The molecule has 0 aliphatic rings. The standard InChI is InChI=1S/C9H9FN4O2/c10-6-3-1-2-4-7(6)13-8(9(15)16)5-12-14-11/h1-4,8,13H,5H2,(H,15,16). The molecule has 1 aromatic rings. The number of carbonyl (C=O) groups is 1. The Bertz CT molecular complexity index is 431. The largest absolute Gasteiger partial charge is 0.480 e. The lowest BCUT2D eigenvalue weighted by molar-refractivity contribution is -0.137. The molecule has 1 rings (SSSR count). The molecule has 6 nitrogen and oxygen atoms in total. The van der Waals surface area contributed by atoms with E-state index in [1.54, 1.807) is 6.07 Å². The molecule has 84 valence electrons. The van der Waals surface area contributed by atoms with Crippen LogP contribution in [-0.2, 0) is 4.79 Å². The third kappa shape index (κ3) is 3.14. The first-order valence-electron chi connectivity index (χ1n) is 4.40. The van der Waals surface area contributed by atoms with Gasteiger partial charge in [0.05, 0.1) is 12.2 Å². The van der Waals surface area contributed by atoms with Crippen molar-refractivity contribution in [3.63, 3.8) is 0 Å². The maximum absolute atomic E-state index is 13.2. The minimum atomic E-state index is -1.21. The van der Waals surface area contributed by atoms with Gasteiger partial charge < -0.3 is 10.4 Å². The normalized spacial score (nSPS) is 11.3. The summed E-state index contributed by atoms with van der Waals surface area (Å²) in [6.07, 6.45) is 0. The number of anilines is 1. The summed E-state index contributed by atoms with van der Waals surface area (Å²) in [6, 6.07) is 4.52. The summed E-state index contributed by atoms with van der Waals surface area (Å²) in [5.74, 6) is -1.77. The fraction of sp³-hybridized carbons (Fsp3) is 0.222. The number of aliphatic carboxylic acids is 1. The first kappa shape index (κ1) is 11.8. The van der Waals surface area contributed by atoms with Gasteiger partial charge in [-0.05, 0) is 17.7 Å². The van der Waals surface area contributed by atoms with Crippen molar-refractivity contribution in [3.8, 4) is 0 Å². The molecule has 0 fully saturated rings. The third-order valence-electron chi connectivity index (χ3n) is 1.83. The van der Waals surface area contributed by atoms with Gasteiger partial charge >= 0.3 is 5.97 Å². The lowest BCUT2D eigenvalue weighted by Gasteiger charge is -2.13. The first-order valence-corrected chi connectivity index (χ1v) is 4.40. The van der Waals surface area contributed by atoms with Gasteiger partial charge in [0.2, 0.25) is 0 Å². The van der Waals surface area contributed by atoms with E-state index < -0.39 is 17.8 Å². The number of halogens is 1. The number of para-hydroxylation sites is 1. The number of carboxylic acid groups (broad SMARTS) is 1. The third-order valence-corrected chi connectivity index (χ3v) is 1.83. The molecule has 0 radical (unpaired) electrons. The van der Waals surface area contributed by atoms with Crippen molar-refractivity contribution < 1.29 is 14.3 Å². The van der Waals surface area contributed by atoms with E-state index in [1.807, 2.05) is 0 Å². The van der Waals surface area contributed by atoms with Gasteiger partial charge in [0.25, 0.3) is 0 Å². The molecule has 0 saturated heterocycles. The number of benzene rings is 1. The molecule has 0 heterocycles. The fourth-order valence-electron chi connectivity index (χ4n) is 1.07. The Morgan fingerprint density at radius 2 is 2.31 bits per heavy atom. The molecule has 0 amide bonds. The van der Waals surface area contributed by atoms with E-state index >= 15 is 0 Å². The summed E-state index contributed by atoms with van der Waals surface area (Å²) in [5.41, 5.74) is 8.14. The molecule has 0 spiro atoms. The van der Waals surface area contributed by atoms with Crippen LogP contribution in [0.1, 0.15) is 0 Å². The number of hydrogen-bond donors (Lipinski definition) is 2. The van der Waals surface area contributed by atoms with E-state index in [-0.39, 0.29) is 12.2 Å². The van der Waals surface area contributed by atoms with Crippen LogP contribution >= 0.6 is 0 Å². The molecule has 1 aromatic carbocycles. The lowest BCUT2D eigenvalue weighted by atomic mass is 10.2. The Morgan fingerprint density at radius 1 is 1.62 bits per heavy atom.